The summed E-state index contributed by atoms with van der Waals surface area (Å²) in [5, 5.41) is 4.25. The van der Waals surface area contributed by atoms with Crippen molar-refractivity contribution in [1.29, 1.82) is 0 Å². The Morgan fingerprint density at radius 1 is 1.03 bits per heavy atom. The lowest BCUT2D eigenvalue weighted by Gasteiger charge is -2.42. The fourth-order valence-electron chi connectivity index (χ4n) is 4.97. The highest BCUT2D eigenvalue weighted by Gasteiger charge is 2.37. The minimum absolute atomic E-state index is 0.0117. The van der Waals surface area contributed by atoms with Gasteiger partial charge in [0.2, 0.25) is 0 Å². The number of rotatable bonds is 2. The van der Waals surface area contributed by atoms with Crippen LogP contribution in [0.2, 0.25) is 0 Å². The number of hydrogen-bond acceptors (Lipinski definition) is 5. The van der Waals surface area contributed by atoms with Gasteiger partial charge < -0.3 is 9.47 Å². The van der Waals surface area contributed by atoms with Crippen LogP contribution in [0.15, 0.2) is 66.1 Å². The second kappa shape index (κ2) is 6.87. The second-order valence-corrected chi connectivity index (χ2v) is 8.31. The van der Waals surface area contributed by atoms with E-state index < -0.39 is 0 Å². The molecule has 6 heterocycles. The van der Waals surface area contributed by atoms with Crippen molar-refractivity contribution in [2.75, 3.05) is 13.1 Å². The van der Waals surface area contributed by atoms with Gasteiger partial charge in [0.15, 0.2) is 5.65 Å². The number of aromatic nitrogens is 5. The Hall–Kier alpha value is -3.81. The highest BCUT2D eigenvalue weighted by atomic mass is 16.2. The summed E-state index contributed by atoms with van der Waals surface area (Å²) in [4.78, 5) is 36.6. The standard InChI is InChI=1S/C23H20N6O2/c30-21-9-17(16-3-1-4-24-10-16)8-20-18-7-15(13-28(20)21)12-27(14-18)23(31)19-11-26-29-6-2-5-25-22(19)29/h1-6,8-11,15,18H,7,12-14H2/t15-,18+/m0/s1. The van der Waals surface area contributed by atoms with Gasteiger partial charge in [-0.05, 0) is 36.1 Å². The molecule has 0 spiro atoms. The van der Waals surface area contributed by atoms with Crippen LogP contribution in [-0.4, -0.2) is 48.0 Å². The predicted molar refractivity (Wildman–Crippen MR) is 114 cm³/mol. The van der Waals surface area contributed by atoms with Crippen molar-refractivity contribution in [3.63, 3.8) is 0 Å². The van der Waals surface area contributed by atoms with Gasteiger partial charge in [-0.2, -0.15) is 5.10 Å². The maximum Gasteiger partial charge on any atom is 0.259 e. The summed E-state index contributed by atoms with van der Waals surface area (Å²) >= 11 is 0. The Labute approximate surface area is 177 Å². The third-order valence-corrected chi connectivity index (χ3v) is 6.35. The lowest BCUT2D eigenvalue weighted by Crippen LogP contribution is -2.49. The molecule has 2 atom stereocenters. The monoisotopic (exact) mass is 412 g/mol. The zero-order valence-corrected chi connectivity index (χ0v) is 16.8. The average molecular weight is 412 g/mol. The molecule has 154 valence electrons. The summed E-state index contributed by atoms with van der Waals surface area (Å²) in [6.07, 6.45) is 9.51. The molecule has 1 fully saturated rings. The quantitative estimate of drug-likeness (QED) is 0.504. The van der Waals surface area contributed by atoms with Gasteiger partial charge in [-0.15, -0.1) is 0 Å². The molecule has 8 heteroatoms. The van der Waals surface area contributed by atoms with E-state index in [0.29, 0.717) is 30.8 Å². The number of amides is 1. The van der Waals surface area contributed by atoms with Crippen molar-refractivity contribution in [2.45, 2.75) is 18.9 Å². The molecule has 4 aromatic heterocycles. The Kier molecular flexibility index (Phi) is 3.99. The summed E-state index contributed by atoms with van der Waals surface area (Å²) < 4.78 is 3.50. The smallest absolute Gasteiger partial charge is 0.259 e. The zero-order valence-electron chi connectivity index (χ0n) is 16.8. The third kappa shape index (κ3) is 2.94. The molecular formula is C23H20N6O2. The molecule has 6 rings (SSSR count). The van der Waals surface area contributed by atoms with Gasteiger partial charge in [0.1, 0.15) is 5.56 Å². The lowest BCUT2D eigenvalue weighted by atomic mass is 9.82. The maximum atomic E-state index is 13.3. The Bertz CT molecular complexity index is 1360. The molecule has 0 unspecified atom stereocenters. The normalized spacial score (nSPS) is 19.9. The van der Waals surface area contributed by atoms with Gasteiger partial charge in [0.25, 0.3) is 11.5 Å². The third-order valence-electron chi connectivity index (χ3n) is 6.35. The van der Waals surface area contributed by atoms with Crippen LogP contribution in [0, 0.1) is 5.92 Å². The van der Waals surface area contributed by atoms with Crippen molar-refractivity contribution in [3.8, 4) is 11.1 Å². The SMILES string of the molecule is O=C(c1cnn2cccnc12)N1C[C@@H]2C[C@H](C1)c1cc(-c3cccnc3)cc(=O)n1C2. The largest absolute Gasteiger partial charge is 0.337 e. The zero-order chi connectivity index (χ0) is 20.9. The predicted octanol–water partition coefficient (Wildman–Crippen LogP) is 2.21. The van der Waals surface area contributed by atoms with Crippen LogP contribution in [0.1, 0.15) is 28.4 Å². The molecule has 4 aromatic rings. The van der Waals surface area contributed by atoms with Gasteiger partial charge in [0.05, 0.1) is 6.20 Å². The summed E-state index contributed by atoms with van der Waals surface area (Å²) in [5.41, 5.74) is 3.89. The van der Waals surface area contributed by atoms with Gasteiger partial charge >= 0.3 is 0 Å². The minimum Gasteiger partial charge on any atom is -0.337 e. The molecule has 2 aliphatic rings. The molecule has 1 saturated heterocycles. The fraction of sp³-hybridized carbons (Fsp3) is 0.261. The van der Waals surface area contributed by atoms with Crippen LogP contribution >= 0.6 is 0 Å². The summed E-state index contributed by atoms with van der Waals surface area (Å²) in [6.45, 7) is 1.85. The molecule has 0 N–H and O–H groups in total. The van der Waals surface area contributed by atoms with E-state index in [1.807, 2.05) is 21.6 Å². The molecule has 0 aliphatic carbocycles. The summed E-state index contributed by atoms with van der Waals surface area (Å²) in [7, 11) is 0. The Morgan fingerprint density at radius 3 is 2.84 bits per heavy atom. The maximum absolute atomic E-state index is 13.3. The van der Waals surface area contributed by atoms with Gasteiger partial charge in [0, 0.05) is 67.7 Å². The van der Waals surface area contributed by atoms with Crippen molar-refractivity contribution >= 4 is 11.6 Å². The number of pyridine rings is 2. The number of piperidine rings is 1. The lowest BCUT2D eigenvalue weighted by molar-refractivity contribution is 0.0596. The van der Waals surface area contributed by atoms with Crippen LogP contribution in [0.4, 0.5) is 0 Å². The first-order valence-electron chi connectivity index (χ1n) is 10.4. The van der Waals surface area contributed by atoms with E-state index in [2.05, 4.69) is 21.1 Å². The van der Waals surface area contributed by atoms with Crippen molar-refractivity contribution < 1.29 is 4.79 Å². The molecule has 0 saturated carbocycles. The molecular weight excluding hydrogens is 392 g/mol. The van der Waals surface area contributed by atoms with Crippen LogP contribution in [0.25, 0.3) is 16.8 Å². The van der Waals surface area contributed by atoms with Gasteiger partial charge in [-0.3, -0.25) is 14.6 Å². The van der Waals surface area contributed by atoms with Crippen LogP contribution in [0.3, 0.4) is 0 Å². The molecule has 8 nitrogen and oxygen atoms in total. The Morgan fingerprint density at radius 2 is 1.97 bits per heavy atom. The number of fused-ring (bicyclic) bond motifs is 5. The van der Waals surface area contributed by atoms with Crippen molar-refractivity contribution in [2.24, 2.45) is 5.92 Å². The number of carbonyl (C=O) groups excluding carboxylic acids is 1. The van der Waals surface area contributed by atoms with Gasteiger partial charge in [-0.1, -0.05) is 6.07 Å². The van der Waals surface area contributed by atoms with Gasteiger partial charge in [-0.25, -0.2) is 9.50 Å². The number of likely N-dealkylation sites (tertiary alicyclic amines) is 1. The van der Waals surface area contributed by atoms with Crippen molar-refractivity contribution in [1.82, 2.24) is 29.0 Å². The van der Waals surface area contributed by atoms with E-state index in [4.69, 9.17) is 0 Å². The topological polar surface area (TPSA) is 85.4 Å². The number of carbonyl (C=O) groups is 1. The number of nitrogens with zero attached hydrogens (tertiary/aromatic N) is 6. The first-order chi connectivity index (χ1) is 15.2. The Balaban J connectivity index is 1.35. The van der Waals surface area contributed by atoms with E-state index >= 15 is 0 Å². The molecule has 0 aromatic carbocycles. The number of hydrogen-bond donors (Lipinski definition) is 0. The van der Waals surface area contributed by atoms with E-state index in [-0.39, 0.29) is 23.3 Å². The molecule has 2 bridgehead atoms. The molecule has 0 radical (unpaired) electrons. The minimum atomic E-state index is -0.0531. The highest BCUT2D eigenvalue weighted by Crippen LogP contribution is 2.37. The molecule has 31 heavy (non-hydrogen) atoms. The van der Waals surface area contributed by atoms with E-state index in [9.17, 15) is 9.59 Å². The summed E-state index contributed by atoms with van der Waals surface area (Å²) in [5.74, 6) is 0.324. The van der Waals surface area contributed by atoms with Crippen LogP contribution in [0.5, 0.6) is 0 Å². The van der Waals surface area contributed by atoms with E-state index in [1.165, 1.54) is 0 Å². The van der Waals surface area contributed by atoms with E-state index in [0.717, 1.165) is 23.2 Å². The molecule has 2 aliphatic heterocycles. The fourth-order valence-corrected chi connectivity index (χ4v) is 4.97. The second-order valence-electron chi connectivity index (χ2n) is 8.31. The van der Waals surface area contributed by atoms with Crippen LogP contribution < -0.4 is 5.56 Å². The van der Waals surface area contributed by atoms with Crippen LogP contribution in [-0.2, 0) is 6.54 Å². The first-order valence-corrected chi connectivity index (χ1v) is 10.4. The van der Waals surface area contributed by atoms with E-state index in [1.54, 1.807) is 47.6 Å². The average Bonchev–Trinajstić information content (AvgIpc) is 3.24. The molecule has 1 amide bonds. The van der Waals surface area contributed by atoms with Crippen molar-refractivity contribution in [3.05, 3.63) is 82.9 Å². The summed E-state index contributed by atoms with van der Waals surface area (Å²) in [6, 6.07) is 9.39. The highest BCUT2D eigenvalue weighted by molar-refractivity contribution is 5.99. The first kappa shape index (κ1) is 18.0.